The predicted octanol–water partition coefficient (Wildman–Crippen LogP) is 3.71. The van der Waals surface area contributed by atoms with Crippen LogP contribution in [-0.2, 0) is 0 Å². The van der Waals surface area contributed by atoms with Crippen LogP contribution in [0.4, 0.5) is 0 Å². The minimum atomic E-state index is -0.174. The molecule has 0 aliphatic heterocycles. The highest BCUT2D eigenvalue weighted by Gasteiger charge is 2.33. The van der Waals surface area contributed by atoms with Crippen molar-refractivity contribution in [3.63, 3.8) is 0 Å². The second-order valence-corrected chi connectivity index (χ2v) is 7.68. The Kier molecular flexibility index (Phi) is 5.18. The number of hydrogen-bond acceptors (Lipinski definition) is 3. The summed E-state index contributed by atoms with van der Waals surface area (Å²) < 4.78 is 0. The Morgan fingerprint density at radius 2 is 2.26 bits per heavy atom. The average Bonchev–Trinajstić information content (AvgIpc) is 3.12. The van der Waals surface area contributed by atoms with Gasteiger partial charge in [0.25, 0.3) is 0 Å². The van der Waals surface area contributed by atoms with Crippen molar-refractivity contribution in [3.05, 3.63) is 29.3 Å². The molecule has 0 aromatic heterocycles. The molecule has 0 bridgehead atoms. The maximum Gasteiger partial charge on any atom is 0.0611 e. The first-order valence-electron chi connectivity index (χ1n) is 6.81. The SMILES string of the molecule is CC(CC(C)(CO)NC1CC1)Sc1cccc(Cl)c1. The molecule has 2 nitrogen and oxygen atoms in total. The second-order valence-electron chi connectivity index (χ2n) is 5.73. The largest absolute Gasteiger partial charge is 0.394 e. The van der Waals surface area contributed by atoms with E-state index in [2.05, 4.69) is 25.2 Å². The van der Waals surface area contributed by atoms with Gasteiger partial charge in [0.1, 0.15) is 0 Å². The van der Waals surface area contributed by atoms with Gasteiger partial charge in [0.2, 0.25) is 0 Å². The Morgan fingerprint density at radius 1 is 1.53 bits per heavy atom. The Balaban J connectivity index is 1.89. The van der Waals surface area contributed by atoms with Gasteiger partial charge in [-0.25, -0.2) is 0 Å². The monoisotopic (exact) mass is 299 g/mol. The normalized spacial score (nSPS) is 20.0. The summed E-state index contributed by atoms with van der Waals surface area (Å²) in [6.45, 7) is 4.50. The lowest BCUT2D eigenvalue weighted by atomic mass is 9.97. The Hall–Kier alpha value is -0.220. The summed E-state index contributed by atoms with van der Waals surface area (Å²) in [7, 11) is 0. The molecule has 2 atom stereocenters. The standard InChI is InChI=1S/C15H22ClNOS/c1-11(19-14-5-3-4-12(16)8-14)9-15(2,10-18)17-13-6-7-13/h3-5,8,11,13,17-18H,6-7,9-10H2,1-2H3. The Bertz CT molecular complexity index is 424. The number of benzene rings is 1. The van der Waals surface area contributed by atoms with E-state index in [9.17, 15) is 5.11 Å². The number of halogens is 1. The highest BCUT2D eigenvalue weighted by atomic mass is 35.5. The molecule has 1 aliphatic carbocycles. The molecule has 4 heteroatoms. The zero-order chi connectivity index (χ0) is 13.9. The first kappa shape index (κ1) is 15.2. The third kappa shape index (κ3) is 4.99. The lowest BCUT2D eigenvalue weighted by Crippen LogP contribution is -2.48. The molecule has 106 valence electrons. The molecular weight excluding hydrogens is 278 g/mol. The van der Waals surface area contributed by atoms with Gasteiger partial charge in [0.15, 0.2) is 0 Å². The molecule has 1 aromatic rings. The quantitative estimate of drug-likeness (QED) is 0.753. The first-order valence-corrected chi connectivity index (χ1v) is 8.07. The molecule has 2 N–H and O–H groups in total. The van der Waals surface area contributed by atoms with E-state index in [1.165, 1.54) is 17.7 Å². The minimum Gasteiger partial charge on any atom is -0.394 e. The molecule has 19 heavy (non-hydrogen) atoms. The van der Waals surface area contributed by atoms with Gasteiger partial charge >= 0.3 is 0 Å². The van der Waals surface area contributed by atoms with Gasteiger partial charge in [0.05, 0.1) is 6.61 Å². The van der Waals surface area contributed by atoms with Crippen molar-refractivity contribution in [3.8, 4) is 0 Å². The van der Waals surface area contributed by atoms with Crippen molar-refractivity contribution in [2.45, 2.75) is 54.8 Å². The fraction of sp³-hybridized carbons (Fsp3) is 0.600. The summed E-state index contributed by atoms with van der Waals surface area (Å²) in [6.07, 6.45) is 3.42. The van der Waals surface area contributed by atoms with Gasteiger partial charge in [0, 0.05) is 26.7 Å². The van der Waals surface area contributed by atoms with Gasteiger partial charge < -0.3 is 10.4 Å². The van der Waals surface area contributed by atoms with E-state index in [0.29, 0.717) is 11.3 Å². The maximum absolute atomic E-state index is 9.63. The smallest absolute Gasteiger partial charge is 0.0611 e. The molecule has 1 fully saturated rings. The lowest BCUT2D eigenvalue weighted by Gasteiger charge is -2.31. The molecule has 1 aromatic carbocycles. The molecule has 0 saturated heterocycles. The topological polar surface area (TPSA) is 32.3 Å². The summed E-state index contributed by atoms with van der Waals surface area (Å²) >= 11 is 7.81. The van der Waals surface area contributed by atoms with Crippen LogP contribution in [-0.4, -0.2) is 28.5 Å². The third-order valence-corrected chi connectivity index (χ3v) is 4.68. The highest BCUT2D eigenvalue weighted by molar-refractivity contribution is 8.00. The Labute approximate surface area is 124 Å². The zero-order valence-corrected chi connectivity index (χ0v) is 13.1. The number of rotatable bonds is 7. The predicted molar refractivity (Wildman–Crippen MR) is 83.0 cm³/mol. The molecule has 0 radical (unpaired) electrons. The van der Waals surface area contributed by atoms with Gasteiger partial charge in [-0.15, -0.1) is 11.8 Å². The van der Waals surface area contributed by atoms with Gasteiger partial charge in [-0.05, 0) is 44.4 Å². The van der Waals surface area contributed by atoms with Crippen molar-refractivity contribution in [2.24, 2.45) is 0 Å². The summed E-state index contributed by atoms with van der Waals surface area (Å²) in [6, 6.07) is 8.55. The molecule has 0 heterocycles. The fourth-order valence-corrected chi connectivity index (χ4v) is 3.86. The van der Waals surface area contributed by atoms with E-state index in [0.717, 1.165) is 11.4 Å². The molecule has 1 saturated carbocycles. The maximum atomic E-state index is 9.63. The number of thioether (sulfide) groups is 1. The van der Waals surface area contributed by atoms with Crippen LogP contribution < -0.4 is 5.32 Å². The van der Waals surface area contributed by atoms with E-state index < -0.39 is 0 Å². The summed E-state index contributed by atoms with van der Waals surface area (Å²) in [5.41, 5.74) is -0.174. The molecule has 0 spiro atoms. The van der Waals surface area contributed by atoms with Crippen LogP contribution in [0.3, 0.4) is 0 Å². The van der Waals surface area contributed by atoms with Crippen molar-refractivity contribution >= 4 is 23.4 Å². The lowest BCUT2D eigenvalue weighted by molar-refractivity contribution is 0.164. The first-order chi connectivity index (χ1) is 9.00. The summed E-state index contributed by atoms with van der Waals surface area (Å²) in [4.78, 5) is 1.19. The van der Waals surface area contributed by atoms with E-state index >= 15 is 0 Å². The van der Waals surface area contributed by atoms with Gasteiger partial charge in [-0.3, -0.25) is 0 Å². The van der Waals surface area contributed by atoms with Gasteiger partial charge in [-0.1, -0.05) is 24.6 Å². The molecule has 0 amide bonds. The van der Waals surface area contributed by atoms with Crippen LogP contribution in [0.2, 0.25) is 5.02 Å². The van der Waals surface area contributed by atoms with E-state index in [-0.39, 0.29) is 12.1 Å². The van der Waals surface area contributed by atoms with Crippen LogP contribution in [0, 0.1) is 0 Å². The van der Waals surface area contributed by atoms with Crippen molar-refractivity contribution in [2.75, 3.05) is 6.61 Å². The number of aliphatic hydroxyl groups is 1. The van der Waals surface area contributed by atoms with Crippen LogP contribution in [0.15, 0.2) is 29.2 Å². The van der Waals surface area contributed by atoms with Crippen LogP contribution in [0.25, 0.3) is 0 Å². The fourth-order valence-electron chi connectivity index (χ4n) is 2.34. The summed E-state index contributed by atoms with van der Waals surface area (Å²) in [5.74, 6) is 0. The molecular formula is C15H22ClNOS. The van der Waals surface area contributed by atoms with Crippen molar-refractivity contribution in [1.82, 2.24) is 5.32 Å². The van der Waals surface area contributed by atoms with E-state index in [4.69, 9.17) is 11.6 Å². The van der Waals surface area contributed by atoms with Crippen LogP contribution >= 0.6 is 23.4 Å². The van der Waals surface area contributed by atoms with E-state index in [1.54, 1.807) is 0 Å². The average molecular weight is 300 g/mol. The number of hydrogen-bond donors (Lipinski definition) is 2. The van der Waals surface area contributed by atoms with Crippen molar-refractivity contribution in [1.29, 1.82) is 0 Å². The number of aliphatic hydroxyl groups excluding tert-OH is 1. The molecule has 2 rings (SSSR count). The van der Waals surface area contributed by atoms with E-state index in [1.807, 2.05) is 30.0 Å². The second kappa shape index (κ2) is 6.49. The number of nitrogens with one attached hydrogen (secondary N) is 1. The zero-order valence-electron chi connectivity index (χ0n) is 11.5. The third-order valence-electron chi connectivity index (χ3n) is 3.35. The van der Waals surface area contributed by atoms with Crippen molar-refractivity contribution < 1.29 is 5.11 Å². The minimum absolute atomic E-state index is 0.174. The summed E-state index contributed by atoms with van der Waals surface area (Å²) in [5, 5.41) is 14.4. The highest BCUT2D eigenvalue weighted by Crippen LogP contribution is 2.31. The molecule has 1 aliphatic rings. The molecule has 2 unspecified atom stereocenters. The van der Waals surface area contributed by atoms with Crippen LogP contribution in [0.5, 0.6) is 0 Å². The Morgan fingerprint density at radius 3 is 2.84 bits per heavy atom. The van der Waals surface area contributed by atoms with Crippen LogP contribution in [0.1, 0.15) is 33.1 Å². The van der Waals surface area contributed by atoms with Gasteiger partial charge in [-0.2, -0.15) is 0 Å².